The van der Waals surface area contributed by atoms with Crippen molar-refractivity contribution in [2.45, 2.75) is 19.4 Å². The minimum absolute atomic E-state index is 0.00341. The Bertz CT molecular complexity index is 1110. The molecule has 1 fully saturated rings. The van der Waals surface area contributed by atoms with Crippen LogP contribution in [0.15, 0.2) is 66.7 Å². The normalized spacial score (nSPS) is 15.9. The molecule has 0 bridgehead atoms. The SMILES string of the molecule is CC(NC(=O)CN1CCCN(C(=O)c2ccccc2Cl)CC1)c1cccc2ccccc12. The van der Waals surface area contributed by atoms with Gasteiger partial charge >= 0.3 is 0 Å². The second kappa shape index (κ2) is 10.2. The molecule has 3 aromatic carbocycles. The van der Waals surface area contributed by atoms with Crippen LogP contribution in [0.2, 0.25) is 5.02 Å². The molecule has 1 aliphatic heterocycles. The quantitative estimate of drug-likeness (QED) is 0.623. The molecule has 32 heavy (non-hydrogen) atoms. The fourth-order valence-electron chi connectivity index (χ4n) is 4.33. The summed E-state index contributed by atoms with van der Waals surface area (Å²) in [5, 5.41) is 5.94. The Morgan fingerprint density at radius 3 is 2.53 bits per heavy atom. The van der Waals surface area contributed by atoms with Crippen LogP contribution in [0.4, 0.5) is 0 Å². The first-order valence-electron chi connectivity index (χ1n) is 11.1. The molecule has 0 aliphatic carbocycles. The average molecular weight is 450 g/mol. The fraction of sp³-hybridized carbons (Fsp3) is 0.308. The summed E-state index contributed by atoms with van der Waals surface area (Å²) < 4.78 is 0. The number of fused-ring (bicyclic) bond motifs is 1. The van der Waals surface area contributed by atoms with Crippen molar-refractivity contribution in [1.29, 1.82) is 0 Å². The number of nitrogens with zero attached hydrogens (tertiary/aromatic N) is 2. The van der Waals surface area contributed by atoms with Crippen LogP contribution >= 0.6 is 11.6 Å². The molecular formula is C26H28ClN3O2. The van der Waals surface area contributed by atoms with Crippen LogP contribution in [-0.4, -0.2) is 54.3 Å². The molecule has 5 nitrogen and oxygen atoms in total. The van der Waals surface area contributed by atoms with E-state index < -0.39 is 0 Å². The van der Waals surface area contributed by atoms with Gasteiger partial charge in [-0.15, -0.1) is 0 Å². The van der Waals surface area contributed by atoms with Crippen LogP contribution in [0.1, 0.15) is 35.3 Å². The first-order chi connectivity index (χ1) is 15.5. The third kappa shape index (κ3) is 5.12. The highest BCUT2D eigenvalue weighted by atomic mass is 35.5. The maximum absolute atomic E-state index is 12.9. The summed E-state index contributed by atoms with van der Waals surface area (Å²) in [5.74, 6) is -0.0530. The predicted octanol–water partition coefficient (Wildman–Crippen LogP) is 4.52. The Hall–Kier alpha value is -2.89. The average Bonchev–Trinajstić information content (AvgIpc) is 3.04. The number of benzene rings is 3. The lowest BCUT2D eigenvalue weighted by molar-refractivity contribution is -0.122. The number of carbonyl (C=O) groups is 2. The van der Waals surface area contributed by atoms with E-state index in [0.717, 1.165) is 23.9 Å². The van der Waals surface area contributed by atoms with Gasteiger partial charge < -0.3 is 10.2 Å². The van der Waals surface area contributed by atoms with Gasteiger partial charge in [-0.05, 0) is 41.8 Å². The molecule has 0 radical (unpaired) electrons. The highest BCUT2D eigenvalue weighted by Crippen LogP contribution is 2.24. The van der Waals surface area contributed by atoms with E-state index in [1.807, 2.05) is 42.2 Å². The van der Waals surface area contributed by atoms with E-state index in [9.17, 15) is 9.59 Å². The third-order valence-electron chi connectivity index (χ3n) is 6.01. The second-order valence-electron chi connectivity index (χ2n) is 8.26. The van der Waals surface area contributed by atoms with Crippen molar-refractivity contribution in [3.8, 4) is 0 Å². The van der Waals surface area contributed by atoms with Gasteiger partial charge in [-0.25, -0.2) is 0 Å². The Labute approximate surface area is 194 Å². The van der Waals surface area contributed by atoms with Gasteiger partial charge in [0.25, 0.3) is 5.91 Å². The molecule has 6 heteroatoms. The van der Waals surface area contributed by atoms with Gasteiger partial charge in [0, 0.05) is 26.2 Å². The Morgan fingerprint density at radius 2 is 1.69 bits per heavy atom. The maximum atomic E-state index is 12.9. The van der Waals surface area contributed by atoms with Crippen molar-refractivity contribution in [1.82, 2.24) is 15.1 Å². The van der Waals surface area contributed by atoms with E-state index in [-0.39, 0.29) is 17.9 Å². The number of carbonyl (C=O) groups excluding carboxylic acids is 2. The molecule has 1 atom stereocenters. The molecule has 0 aromatic heterocycles. The Morgan fingerprint density at radius 1 is 0.938 bits per heavy atom. The van der Waals surface area contributed by atoms with Crippen LogP contribution in [0.5, 0.6) is 0 Å². The minimum atomic E-state index is -0.0844. The first-order valence-corrected chi connectivity index (χ1v) is 11.4. The zero-order chi connectivity index (χ0) is 22.5. The number of amides is 2. The van der Waals surface area contributed by atoms with E-state index in [2.05, 4.69) is 34.5 Å². The van der Waals surface area contributed by atoms with Gasteiger partial charge in [0.2, 0.25) is 5.91 Å². The lowest BCUT2D eigenvalue weighted by Gasteiger charge is -2.23. The summed E-state index contributed by atoms with van der Waals surface area (Å²) >= 11 is 6.20. The number of hydrogen-bond donors (Lipinski definition) is 1. The van der Waals surface area contributed by atoms with Crippen molar-refractivity contribution in [2.75, 3.05) is 32.7 Å². The molecule has 2 amide bonds. The zero-order valence-corrected chi connectivity index (χ0v) is 19.0. The van der Waals surface area contributed by atoms with Crippen LogP contribution in [0.25, 0.3) is 10.8 Å². The van der Waals surface area contributed by atoms with Crippen molar-refractivity contribution in [3.05, 3.63) is 82.9 Å². The van der Waals surface area contributed by atoms with Crippen molar-refractivity contribution in [2.24, 2.45) is 0 Å². The summed E-state index contributed by atoms with van der Waals surface area (Å²) in [6.45, 7) is 5.02. The number of nitrogens with one attached hydrogen (secondary N) is 1. The van der Waals surface area contributed by atoms with Gasteiger partial charge in [-0.3, -0.25) is 14.5 Å². The monoisotopic (exact) mass is 449 g/mol. The maximum Gasteiger partial charge on any atom is 0.255 e. The predicted molar refractivity (Wildman–Crippen MR) is 129 cm³/mol. The summed E-state index contributed by atoms with van der Waals surface area (Å²) in [5.41, 5.74) is 1.65. The smallest absolute Gasteiger partial charge is 0.255 e. The van der Waals surface area contributed by atoms with Crippen molar-refractivity contribution < 1.29 is 9.59 Å². The number of rotatable bonds is 5. The van der Waals surface area contributed by atoms with E-state index in [1.54, 1.807) is 12.1 Å². The van der Waals surface area contributed by atoms with E-state index in [4.69, 9.17) is 11.6 Å². The second-order valence-corrected chi connectivity index (χ2v) is 8.67. The lowest BCUT2D eigenvalue weighted by atomic mass is 10.00. The lowest BCUT2D eigenvalue weighted by Crippen LogP contribution is -2.40. The van der Waals surface area contributed by atoms with Crippen LogP contribution in [-0.2, 0) is 4.79 Å². The zero-order valence-electron chi connectivity index (χ0n) is 18.3. The van der Waals surface area contributed by atoms with Gasteiger partial charge in [0.1, 0.15) is 0 Å². The molecule has 1 unspecified atom stereocenters. The molecule has 1 aliphatic rings. The Balaban J connectivity index is 1.34. The third-order valence-corrected chi connectivity index (χ3v) is 6.34. The molecule has 1 N–H and O–H groups in total. The van der Waals surface area contributed by atoms with Gasteiger partial charge in [0.05, 0.1) is 23.2 Å². The molecular weight excluding hydrogens is 422 g/mol. The molecule has 3 aromatic rings. The van der Waals surface area contributed by atoms with Gasteiger partial charge in [-0.1, -0.05) is 66.2 Å². The number of halogens is 1. The van der Waals surface area contributed by atoms with Gasteiger partial charge in [0.15, 0.2) is 0 Å². The molecule has 0 spiro atoms. The summed E-state index contributed by atoms with van der Waals surface area (Å²) in [6, 6.07) is 21.5. The minimum Gasteiger partial charge on any atom is -0.348 e. The first kappa shape index (κ1) is 22.3. The van der Waals surface area contributed by atoms with Crippen LogP contribution in [0, 0.1) is 0 Å². The molecule has 1 heterocycles. The topological polar surface area (TPSA) is 52.7 Å². The Kier molecular flexibility index (Phi) is 7.08. The summed E-state index contributed by atoms with van der Waals surface area (Å²) in [4.78, 5) is 29.6. The molecule has 4 rings (SSSR count). The summed E-state index contributed by atoms with van der Waals surface area (Å²) in [6.07, 6.45) is 0.822. The largest absolute Gasteiger partial charge is 0.348 e. The number of hydrogen-bond acceptors (Lipinski definition) is 3. The van der Waals surface area contributed by atoms with E-state index in [0.29, 0.717) is 36.8 Å². The van der Waals surface area contributed by atoms with Crippen LogP contribution < -0.4 is 5.32 Å². The van der Waals surface area contributed by atoms with Crippen molar-refractivity contribution >= 4 is 34.2 Å². The van der Waals surface area contributed by atoms with E-state index >= 15 is 0 Å². The molecule has 1 saturated heterocycles. The van der Waals surface area contributed by atoms with E-state index in [1.165, 1.54) is 5.39 Å². The van der Waals surface area contributed by atoms with Crippen LogP contribution in [0.3, 0.4) is 0 Å². The van der Waals surface area contributed by atoms with Crippen molar-refractivity contribution in [3.63, 3.8) is 0 Å². The van der Waals surface area contributed by atoms with Gasteiger partial charge in [-0.2, -0.15) is 0 Å². The highest BCUT2D eigenvalue weighted by Gasteiger charge is 2.23. The standard InChI is InChI=1S/C26H28ClN3O2/c1-19(21-12-6-9-20-8-2-3-10-22(20)21)28-25(31)18-29-14-7-15-30(17-16-29)26(32)23-11-4-5-13-24(23)27/h2-6,8-13,19H,7,14-18H2,1H3,(H,28,31). The molecule has 0 saturated carbocycles. The summed E-state index contributed by atoms with van der Waals surface area (Å²) in [7, 11) is 0. The highest BCUT2D eigenvalue weighted by molar-refractivity contribution is 6.33. The molecule has 166 valence electrons. The fourth-order valence-corrected chi connectivity index (χ4v) is 4.55.